The summed E-state index contributed by atoms with van der Waals surface area (Å²) >= 11 is 3.33. The molecule has 88 valence electrons. The van der Waals surface area contributed by atoms with Crippen molar-refractivity contribution < 1.29 is 9.53 Å². The highest BCUT2D eigenvalue weighted by atomic mass is 79.9. The van der Waals surface area contributed by atoms with E-state index < -0.39 is 0 Å². The van der Waals surface area contributed by atoms with Crippen LogP contribution in [0.15, 0.2) is 22.3 Å². The first-order chi connectivity index (χ1) is 7.56. The molecule has 0 unspecified atom stereocenters. The second-order valence-electron chi connectivity index (χ2n) is 3.64. The van der Waals surface area contributed by atoms with E-state index in [1.54, 1.807) is 24.1 Å². The Morgan fingerprint density at radius 2 is 2.31 bits per heavy atom. The Morgan fingerprint density at radius 1 is 1.62 bits per heavy atom. The van der Waals surface area contributed by atoms with Gasteiger partial charge in [-0.25, -0.2) is 0 Å². The summed E-state index contributed by atoms with van der Waals surface area (Å²) in [6, 6.07) is 0. The average Bonchev–Trinajstić information content (AvgIpc) is 2.55. The van der Waals surface area contributed by atoms with Crippen LogP contribution in [0.25, 0.3) is 0 Å². The molecular formula is C11H15BrN2O2. The van der Waals surface area contributed by atoms with Crippen molar-refractivity contribution in [2.24, 2.45) is 0 Å². The summed E-state index contributed by atoms with van der Waals surface area (Å²) in [6.45, 7) is 4.88. The molecule has 5 heteroatoms. The summed E-state index contributed by atoms with van der Waals surface area (Å²) in [5.74, 6) is -0.0412. The second-order valence-corrected chi connectivity index (χ2v) is 4.50. The summed E-state index contributed by atoms with van der Waals surface area (Å²) in [4.78, 5) is 11.9. The highest BCUT2D eigenvalue weighted by Gasteiger charge is 2.14. The van der Waals surface area contributed by atoms with E-state index in [-0.39, 0.29) is 5.78 Å². The largest absolute Gasteiger partial charge is 0.383 e. The minimum absolute atomic E-state index is 0.0412. The van der Waals surface area contributed by atoms with Crippen LogP contribution < -0.4 is 0 Å². The molecule has 0 aromatic carbocycles. The normalized spacial score (nSPS) is 10.2. The van der Waals surface area contributed by atoms with Crippen molar-refractivity contribution in [3.05, 3.63) is 28.0 Å². The van der Waals surface area contributed by atoms with E-state index in [0.717, 1.165) is 5.57 Å². The van der Waals surface area contributed by atoms with Gasteiger partial charge in [0.15, 0.2) is 0 Å². The lowest BCUT2D eigenvalue weighted by Gasteiger charge is -2.04. The highest BCUT2D eigenvalue weighted by molar-refractivity contribution is 9.10. The number of methoxy groups -OCH3 is 1. The highest BCUT2D eigenvalue weighted by Crippen LogP contribution is 2.17. The molecule has 16 heavy (non-hydrogen) atoms. The zero-order chi connectivity index (χ0) is 12.1. The number of allylic oxidation sites excluding steroid dienone is 2. The summed E-state index contributed by atoms with van der Waals surface area (Å²) in [7, 11) is 1.62. The molecule has 0 aliphatic heterocycles. The molecule has 0 atom stereocenters. The van der Waals surface area contributed by atoms with E-state index in [1.165, 1.54) is 0 Å². The predicted molar refractivity (Wildman–Crippen MR) is 65.6 cm³/mol. The van der Waals surface area contributed by atoms with Crippen LogP contribution in [0, 0.1) is 0 Å². The number of hydrogen-bond donors (Lipinski definition) is 0. The Kier molecular flexibility index (Phi) is 4.89. The first kappa shape index (κ1) is 13.1. The summed E-state index contributed by atoms with van der Waals surface area (Å²) in [5, 5.41) is 4.12. The predicted octanol–water partition coefficient (Wildman–Crippen LogP) is 2.44. The van der Waals surface area contributed by atoms with Crippen LogP contribution in [0.4, 0.5) is 0 Å². The quantitative estimate of drug-likeness (QED) is 0.617. The van der Waals surface area contributed by atoms with Crippen molar-refractivity contribution in [1.29, 1.82) is 0 Å². The molecular weight excluding hydrogens is 272 g/mol. The van der Waals surface area contributed by atoms with Gasteiger partial charge in [-0.3, -0.25) is 9.48 Å². The van der Waals surface area contributed by atoms with Crippen molar-refractivity contribution in [3.63, 3.8) is 0 Å². The molecule has 0 N–H and O–H groups in total. The maximum absolute atomic E-state index is 11.9. The van der Waals surface area contributed by atoms with Crippen LogP contribution in [0.2, 0.25) is 0 Å². The van der Waals surface area contributed by atoms with Gasteiger partial charge in [-0.1, -0.05) is 5.57 Å². The van der Waals surface area contributed by atoms with Gasteiger partial charge in [-0.2, -0.15) is 5.10 Å². The molecule has 1 aromatic rings. The van der Waals surface area contributed by atoms with Crippen molar-refractivity contribution >= 4 is 21.7 Å². The molecule has 1 aromatic heterocycles. The van der Waals surface area contributed by atoms with Crippen LogP contribution in [0.5, 0.6) is 0 Å². The molecule has 0 spiro atoms. The van der Waals surface area contributed by atoms with Gasteiger partial charge in [0, 0.05) is 7.11 Å². The summed E-state index contributed by atoms with van der Waals surface area (Å²) in [6.07, 6.45) is 3.23. The van der Waals surface area contributed by atoms with E-state index in [4.69, 9.17) is 4.74 Å². The van der Waals surface area contributed by atoms with Crippen LogP contribution in [0.3, 0.4) is 0 Å². The lowest BCUT2D eigenvalue weighted by Crippen LogP contribution is -2.13. The molecule has 4 nitrogen and oxygen atoms in total. The van der Waals surface area contributed by atoms with Crippen molar-refractivity contribution in [3.8, 4) is 0 Å². The summed E-state index contributed by atoms with van der Waals surface area (Å²) in [5.41, 5.74) is 1.54. The number of hydrogen-bond acceptors (Lipinski definition) is 3. The standard InChI is InChI=1S/C11H15BrN2O2/c1-8(2)6-10(15)11-9(12)7-13-14(11)4-5-16-3/h6-7H,4-5H2,1-3H3. The third-order valence-electron chi connectivity index (χ3n) is 1.96. The van der Waals surface area contributed by atoms with Gasteiger partial charge in [0.1, 0.15) is 5.69 Å². The first-order valence-electron chi connectivity index (χ1n) is 4.95. The number of carbonyl (C=O) groups is 1. The fraction of sp³-hybridized carbons (Fsp3) is 0.455. The third kappa shape index (κ3) is 3.28. The molecule has 0 saturated heterocycles. The van der Waals surface area contributed by atoms with Crippen molar-refractivity contribution in [2.75, 3.05) is 13.7 Å². The van der Waals surface area contributed by atoms with E-state index in [0.29, 0.717) is 23.3 Å². The summed E-state index contributed by atoms with van der Waals surface area (Å²) < 4.78 is 7.33. The van der Waals surface area contributed by atoms with Crippen LogP contribution in [-0.4, -0.2) is 29.3 Å². The van der Waals surface area contributed by atoms with Gasteiger partial charge >= 0.3 is 0 Å². The van der Waals surface area contributed by atoms with E-state index in [9.17, 15) is 4.79 Å². The molecule has 1 rings (SSSR count). The van der Waals surface area contributed by atoms with Gasteiger partial charge in [0.25, 0.3) is 0 Å². The Hall–Kier alpha value is -0.940. The maximum Gasteiger partial charge on any atom is 0.204 e. The maximum atomic E-state index is 11.9. The van der Waals surface area contributed by atoms with Crippen LogP contribution in [0.1, 0.15) is 24.3 Å². The minimum Gasteiger partial charge on any atom is -0.383 e. The average molecular weight is 287 g/mol. The number of aromatic nitrogens is 2. The van der Waals surface area contributed by atoms with Crippen LogP contribution in [-0.2, 0) is 11.3 Å². The Morgan fingerprint density at radius 3 is 2.88 bits per heavy atom. The first-order valence-corrected chi connectivity index (χ1v) is 5.75. The number of carbonyl (C=O) groups excluding carboxylic acids is 1. The second kappa shape index (κ2) is 5.96. The van der Waals surface area contributed by atoms with Gasteiger partial charge in [-0.05, 0) is 35.9 Å². The lowest BCUT2D eigenvalue weighted by molar-refractivity contribution is 0.103. The minimum atomic E-state index is -0.0412. The molecule has 0 aliphatic rings. The number of ether oxygens (including phenoxy) is 1. The van der Waals surface area contributed by atoms with E-state index in [2.05, 4.69) is 21.0 Å². The van der Waals surface area contributed by atoms with Gasteiger partial charge < -0.3 is 4.74 Å². The number of ketones is 1. The van der Waals surface area contributed by atoms with Crippen molar-refractivity contribution in [1.82, 2.24) is 9.78 Å². The molecule has 1 heterocycles. The zero-order valence-electron chi connectivity index (χ0n) is 9.66. The fourth-order valence-electron chi connectivity index (χ4n) is 1.29. The molecule has 0 amide bonds. The fourth-order valence-corrected chi connectivity index (χ4v) is 1.78. The van der Waals surface area contributed by atoms with E-state index in [1.807, 2.05) is 13.8 Å². The number of nitrogens with zero attached hydrogens (tertiary/aromatic N) is 2. The number of halogens is 1. The van der Waals surface area contributed by atoms with E-state index >= 15 is 0 Å². The van der Waals surface area contributed by atoms with Crippen LogP contribution >= 0.6 is 15.9 Å². The smallest absolute Gasteiger partial charge is 0.204 e. The monoisotopic (exact) mass is 286 g/mol. The van der Waals surface area contributed by atoms with Gasteiger partial charge in [0.05, 0.1) is 23.8 Å². The number of rotatable bonds is 5. The topological polar surface area (TPSA) is 44.1 Å². The molecule has 0 saturated carbocycles. The Bertz CT molecular complexity index is 406. The van der Waals surface area contributed by atoms with Gasteiger partial charge in [-0.15, -0.1) is 0 Å². The lowest BCUT2D eigenvalue weighted by atomic mass is 10.2. The SMILES string of the molecule is COCCn1ncc(Br)c1C(=O)C=C(C)C. The molecule has 0 aliphatic carbocycles. The zero-order valence-corrected chi connectivity index (χ0v) is 11.2. The third-order valence-corrected chi connectivity index (χ3v) is 2.54. The van der Waals surface area contributed by atoms with Gasteiger partial charge in [0.2, 0.25) is 5.78 Å². The van der Waals surface area contributed by atoms with Crippen molar-refractivity contribution in [2.45, 2.75) is 20.4 Å². The molecule has 0 fully saturated rings. The molecule has 0 bridgehead atoms. The molecule has 0 radical (unpaired) electrons. The Labute approximate surface area is 103 Å². The Balaban J connectivity index is 2.97.